The Labute approximate surface area is 161 Å². The van der Waals surface area contributed by atoms with Crippen LogP contribution in [0.2, 0.25) is 0 Å². The highest BCUT2D eigenvalue weighted by Crippen LogP contribution is 2.17. The van der Waals surface area contributed by atoms with E-state index in [4.69, 9.17) is 0 Å². The van der Waals surface area contributed by atoms with E-state index in [2.05, 4.69) is 15.5 Å². The lowest BCUT2D eigenvalue weighted by molar-refractivity contribution is 0.101. The highest BCUT2D eigenvalue weighted by Gasteiger charge is 2.14. The van der Waals surface area contributed by atoms with Gasteiger partial charge in [0.15, 0.2) is 5.65 Å². The molecular formula is C21H19N5O2. The molecule has 0 aliphatic carbocycles. The van der Waals surface area contributed by atoms with E-state index in [-0.39, 0.29) is 11.5 Å². The predicted octanol–water partition coefficient (Wildman–Crippen LogP) is 2.89. The number of aryl methyl sites for hydroxylation is 3. The first-order valence-corrected chi connectivity index (χ1v) is 8.85. The van der Waals surface area contributed by atoms with Crippen molar-refractivity contribution >= 4 is 16.9 Å². The smallest absolute Gasteiger partial charge is 0.267 e. The van der Waals surface area contributed by atoms with Crippen LogP contribution in [0.15, 0.2) is 59.8 Å². The summed E-state index contributed by atoms with van der Waals surface area (Å²) in [5.41, 5.74) is 7.09. The van der Waals surface area contributed by atoms with Crippen LogP contribution in [-0.2, 0) is 0 Å². The second-order valence-electron chi connectivity index (χ2n) is 6.74. The first-order chi connectivity index (χ1) is 13.5. The molecule has 140 valence electrons. The summed E-state index contributed by atoms with van der Waals surface area (Å²) in [6.07, 6.45) is 2.77. The average molecular weight is 373 g/mol. The van der Waals surface area contributed by atoms with E-state index < -0.39 is 0 Å². The lowest BCUT2D eigenvalue weighted by Crippen LogP contribution is -2.33. The van der Waals surface area contributed by atoms with E-state index in [1.807, 2.05) is 51.1 Å². The van der Waals surface area contributed by atoms with Gasteiger partial charge in [0.2, 0.25) is 0 Å². The summed E-state index contributed by atoms with van der Waals surface area (Å²) in [6, 6.07) is 13.1. The molecule has 0 radical (unpaired) electrons. The molecule has 0 saturated carbocycles. The minimum absolute atomic E-state index is 0.325. The molecule has 0 unspecified atom stereocenters. The van der Waals surface area contributed by atoms with Gasteiger partial charge in [-0.15, -0.1) is 0 Å². The Kier molecular flexibility index (Phi) is 4.27. The van der Waals surface area contributed by atoms with Crippen LogP contribution < -0.4 is 11.0 Å². The molecule has 0 aliphatic rings. The van der Waals surface area contributed by atoms with Gasteiger partial charge in [-0.3, -0.25) is 15.0 Å². The molecule has 0 fully saturated rings. The maximum Gasteiger partial charge on any atom is 0.283 e. The van der Waals surface area contributed by atoms with Crippen molar-refractivity contribution in [3.63, 3.8) is 0 Å². The zero-order chi connectivity index (χ0) is 19.8. The lowest BCUT2D eigenvalue weighted by atomic mass is 10.1. The third-order valence-corrected chi connectivity index (χ3v) is 4.84. The molecule has 0 atom stereocenters. The molecule has 2 heterocycles. The molecule has 1 N–H and O–H groups in total. The monoisotopic (exact) mass is 373 g/mol. The molecule has 4 aromatic rings. The second kappa shape index (κ2) is 6.77. The zero-order valence-corrected chi connectivity index (χ0v) is 15.8. The molecule has 1 amide bonds. The van der Waals surface area contributed by atoms with Crippen molar-refractivity contribution < 1.29 is 4.79 Å². The van der Waals surface area contributed by atoms with Crippen molar-refractivity contribution in [2.24, 2.45) is 0 Å². The number of nitrogens with one attached hydrogen (secondary N) is 1. The standard InChI is InChI=1S/C21H19N5O2/c1-13-8-9-16(10-15(13)3)26-19-18(11-23-26)21(28)25(12-22-19)24-20(27)17-7-5-4-6-14(17)2/h4-12H,1-3H3,(H,24,27). The molecule has 4 rings (SSSR count). The summed E-state index contributed by atoms with van der Waals surface area (Å²) in [6.45, 7) is 5.90. The molecule has 0 bridgehead atoms. The lowest BCUT2D eigenvalue weighted by Gasteiger charge is -2.10. The van der Waals surface area contributed by atoms with Crippen LogP contribution in [0.4, 0.5) is 0 Å². The number of amides is 1. The van der Waals surface area contributed by atoms with Gasteiger partial charge >= 0.3 is 0 Å². The Morgan fingerprint density at radius 3 is 2.54 bits per heavy atom. The number of hydrogen-bond donors (Lipinski definition) is 1. The molecule has 2 aromatic carbocycles. The van der Waals surface area contributed by atoms with Crippen LogP contribution in [0.5, 0.6) is 0 Å². The minimum atomic E-state index is -0.387. The summed E-state index contributed by atoms with van der Waals surface area (Å²) < 4.78 is 2.71. The number of aromatic nitrogens is 4. The van der Waals surface area contributed by atoms with Crippen molar-refractivity contribution in [2.75, 3.05) is 5.43 Å². The number of benzene rings is 2. The Morgan fingerprint density at radius 1 is 1.00 bits per heavy atom. The summed E-state index contributed by atoms with van der Waals surface area (Å²) in [5.74, 6) is -0.372. The average Bonchev–Trinajstić information content (AvgIpc) is 3.11. The van der Waals surface area contributed by atoms with Crippen molar-refractivity contribution in [3.05, 3.63) is 87.6 Å². The van der Waals surface area contributed by atoms with Gasteiger partial charge in [-0.1, -0.05) is 24.3 Å². The molecule has 7 heteroatoms. The molecule has 0 aliphatic heterocycles. The summed E-state index contributed by atoms with van der Waals surface area (Å²) in [7, 11) is 0. The third kappa shape index (κ3) is 2.96. The van der Waals surface area contributed by atoms with Gasteiger partial charge in [-0.05, 0) is 55.7 Å². The quantitative estimate of drug-likeness (QED) is 0.599. The van der Waals surface area contributed by atoms with Crippen LogP contribution in [0.25, 0.3) is 16.7 Å². The largest absolute Gasteiger partial charge is 0.283 e. The first kappa shape index (κ1) is 17.7. The normalized spacial score (nSPS) is 11.0. The van der Waals surface area contributed by atoms with Gasteiger partial charge in [0.1, 0.15) is 11.7 Å². The number of hydrogen-bond acceptors (Lipinski definition) is 4. The molecule has 0 spiro atoms. The van der Waals surface area contributed by atoms with Crippen LogP contribution in [0.3, 0.4) is 0 Å². The summed E-state index contributed by atoms with van der Waals surface area (Å²) >= 11 is 0. The number of fused-ring (bicyclic) bond motifs is 1. The number of carbonyl (C=O) groups excluding carboxylic acids is 1. The van der Waals surface area contributed by atoms with Gasteiger partial charge in [0, 0.05) is 5.56 Å². The molecule has 2 aromatic heterocycles. The third-order valence-electron chi connectivity index (χ3n) is 4.84. The van der Waals surface area contributed by atoms with Gasteiger partial charge < -0.3 is 0 Å². The van der Waals surface area contributed by atoms with E-state index in [1.54, 1.807) is 16.8 Å². The highest BCUT2D eigenvalue weighted by molar-refractivity contribution is 6.01. The van der Waals surface area contributed by atoms with Crippen molar-refractivity contribution in [1.82, 2.24) is 19.4 Å². The molecular weight excluding hydrogens is 354 g/mol. The molecule has 0 saturated heterocycles. The number of rotatable bonds is 3. The molecule has 7 nitrogen and oxygen atoms in total. The Bertz CT molecular complexity index is 1270. The first-order valence-electron chi connectivity index (χ1n) is 8.85. The fraction of sp³-hybridized carbons (Fsp3) is 0.143. The second-order valence-corrected chi connectivity index (χ2v) is 6.74. The summed E-state index contributed by atoms with van der Waals surface area (Å²) in [4.78, 5) is 29.6. The van der Waals surface area contributed by atoms with Crippen molar-refractivity contribution in [2.45, 2.75) is 20.8 Å². The SMILES string of the molecule is Cc1ccc(-n2ncc3c(=O)n(NC(=O)c4ccccc4C)cnc32)cc1C. The number of nitrogens with zero attached hydrogens (tertiary/aromatic N) is 4. The topological polar surface area (TPSA) is 81.8 Å². The van der Waals surface area contributed by atoms with Crippen LogP contribution in [0.1, 0.15) is 27.0 Å². The van der Waals surface area contributed by atoms with E-state index in [9.17, 15) is 9.59 Å². The highest BCUT2D eigenvalue weighted by atomic mass is 16.2. The van der Waals surface area contributed by atoms with Crippen LogP contribution in [-0.4, -0.2) is 25.3 Å². The maximum atomic E-state index is 12.8. The Hall–Kier alpha value is -3.74. The van der Waals surface area contributed by atoms with Gasteiger partial charge in [0.05, 0.1) is 11.9 Å². The van der Waals surface area contributed by atoms with Crippen LogP contribution >= 0.6 is 0 Å². The Morgan fingerprint density at radius 2 is 1.79 bits per heavy atom. The van der Waals surface area contributed by atoms with Crippen molar-refractivity contribution in [3.8, 4) is 5.69 Å². The van der Waals surface area contributed by atoms with E-state index in [1.165, 1.54) is 18.1 Å². The van der Waals surface area contributed by atoms with Crippen LogP contribution in [0, 0.1) is 20.8 Å². The van der Waals surface area contributed by atoms with E-state index in [0.717, 1.165) is 21.5 Å². The molecule has 28 heavy (non-hydrogen) atoms. The van der Waals surface area contributed by atoms with Gasteiger partial charge in [-0.2, -0.15) is 5.10 Å². The predicted molar refractivity (Wildman–Crippen MR) is 107 cm³/mol. The zero-order valence-electron chi connectivity index (χ0n) is 15.8. The maximum absolute atomic E-state index is 12.8. The number of carbonyl (C=O) groups is 1. The fourth-order valence-electron chi connectivity index (χ4n) is 3.03. The van der Waals surface area contributed by atoms with Crippen molar-refractivity contribution in [1.29, 1.82) is 0 Å². The Balaban J connectivity index is 1.73. The van der Waals surface area contributed by atoms with Gasteiger partial charge in [-0.25, -0.2) is 14.3 Å². The minimum Gasteiger partial charge on any atom is -0.267 e. The van der Waals surface area contributed by atoms with Gasteiger partial charge in [0.25, 0.3) is 11.5 Å². The summed E-state index contributed by atoms with van der Waals surface area (Å²) in [5, 5.41) is 4.64. The van der Waals surface area contributed by atoms with E-state index in [0.29, 0.717) is 16.6 Å². The fourth-order valence-corrected chi connectivity index (χ4v) is 3.03. The van der Waals surface area contributed by atoms with E-state index >= 15 is 0 Å².